The Hall–Kier alpha value is -0.510. The van der Waals surface area contributed by atoms with E-state index in [4.69, 9.17) is 0 Å². The van der Waals surface area contributed by atoms with Crippen LogP contribution in [-0.4, -0.2) is 24.0 Å². The Bertz CT molecular complexity index is 145. The fourth-order valence-electron chi connectivity index (χ4n) is 0.330. The molecular weight excluding hydrogens is 150 g/mol. The highest BCUT2D eigenvalue weighted by Crippen LogP contribution is 1.97. The minimum Gasteiger partial charge on any atom is -0.448 e. The van der Waals surface area contributed by atoms with Gasteiger partial charge in [-0.3, -0.25) is 0 Å². The topological polar surface area (TPSA) is 38.7 Å². The van der Waals surface area contributed by atoms with Crippen LogP contribution >= 0.6 is 11.8 Å². The minimum absolute atomic E-state index is 0.379. The van der Waals surface area contributed by atoms with E-state index >= 15 is 0 Å². The molecule has 0 bridgehead atoms. The normalized spacial score (nSPS) is 11.3. The quantitative estimate of drug-likeness (QED) is 0.435. The lowest BCUT2D eigenvalue weighted by Crippen LogP contribution is -1.99. The molecule has 0 aliphatic heterocycles. The molecule has 3 nitrogen and oxygen atoms in total. The highest BCUT2D eigenvalue weighted by atomic mass is 32.2. The molecule has 0 radical (unpaired) electrons. The SMILES string of the molecule is CCOC(=O)/N=C(\C)SC. The van der Waals surface area contributed by atoms with Gasteiger partial charge in [-0.25, -0.2) is 4.79 Å². The van der Waals surface area contributed by atoms with Crippen LogP contribution in [0.25, 0.3) is 0 Å². The van der Waals surface area contributed by atoms with Crippen LogP contribution in [0, 0.1) is 0 Å². The molecule has 0 rings (SSSR count). The Morgan fingerprint density at radius 1 is 1.70 bits per heavy atom. The molecule has 0 aromatic heterocycles. The van der Waals surface area contributed by atoms with Crippen molar-refractivity contribution in [1.29, 1.82) is 0 Å². The van der Waals surface area contributed by atoms with Crippen LogP contribution < -0.4 is 0 Å². The standard InChI is InChI=1S/C6H11NO2S/c1-4-9-6(8)7-5(2)10-3/h4H2,1-3H3/b7-5+. The summed E-state index contributed by atoms with van der Waals surface area (Å²) in [6.45, 7) is 3.90. The molecule has 0 aliphatic rings. The van der Waals surface area contributed by atoms with E-state index in [1.807, 2.05) is 6.26 Å². The third-order valence-corrected chi connectivity index (χ3v) is 1.49. The van der Waals surface area contributed by atoms with E-state index in [0.29, 0.717) is 6.61 Å². The first kappa shape index (κ1) is 9.49. The zero-order valence-corrected chi connectivity index (χ0v) is 7.20. The molecule has 0 aromatic rings. The highest BCUT2D eigenvalue weighted by Gasteiger charge is 1.96. The maximum absolute atomic E-state index is 10.6. The summed E-state index contributed by atoms with van der Waals surface area (Å²) in [5, 5.41) is 0.721. The Morgan fingerprint density at radius 3 is 2.70 bits per heavy atom. The molecule has 10 heavy (non-hydrogen) atoms. The number of hydrogen-bond donors (Lipinski definition) is 0. The summed E-state index contributed by atoms with van der Waals surface area (Å²) in [5.74, 6) is 0. The molecule has 58 valence electrons. The molecule has 0 saturated heterocycles. The van der Waals surface area contributed by atoms with E-state index in [-0.39, 0.29) is 0 Å². The Labute approximate surface area is 64.9 Å². The Balaban J connectivity index is 3.75. The van der Waals surface area contributed by atoms with Gasteiger partial charge in [0.2, 0.25) is 0 Å². The monoisotopic (exact) mass is 161 g/mol. The lowest BCUT2D eigenvalue weighted by Gasteiger charge is -1.95. The summed E-state index contributed by atoms with van der Waals surface area (Å²) in [5.41, 5.74) is 0. The molecule has 0 aliphatic carbocycles. The number of aliphatic imine (C=N–C) groups is 1. The van der Waals surface area contributed by atoms with E-state index in [2.05, 4.69) is 9.73 Å². The molecule has 0 aromatic carbocycles. The number of amides is 1. The predicted octanol–water partition coefficient (Wildman–Crippen LogP) is 1.92. The first-order valence-corrected chi connectivity index (χ1v) is 4.19. The molecule has 4 heteroatoms. The summed E-state index contributed by atoms with van der Waals surface area (Å²) >= 11 is 1.43. The van der Waals surface area contributed by atoms with Gasteiger partial charge in [0.25, 0.3) is 0 Å². The second-order valence-electron chi connectivity index (χ2n) is 1.53. The van der Waals surface area contributed by atoms with Crippen LogP contribution in [0.1, 0.15) is 13.8 Å². The van der Waals surface area contributed by atoms with Crippen molar-refractivity contribution in [1.82, 2.24) is 0 Å². The van der Waals surface area contributed by atoms with Crippen molar-refractivity contribution < 1.29 is 9.53 Å². The van der Waals surface area contributed by atoms with Gasteiger partial charge in [0.15, 0.2) is 0 Å². The van der Waals surface area contributed by atoms with Gasteiger partial charge in [0.1, 0.15) is 0 Å². The summed E-state index contributed by atoms with van der Waals surface area (Å²) in [7, 11) is 0. The van der Waals surface area contributed by atoms with Crippen LogP contribution in [0.3, 0.4) is 0 Å². The van der Waals surface area contributed by atoms with E-state index in [1.165, 1.54) is 11.8 Å². The van der Waals surface area contributed by atoms with E-state index in [0.717, 1.165) is 5.04 Å². The van der Waals surface area contributed by atoms with Crippen LogP contribution in [-0.2, 0) is 4.74 Å². The Kier molecular flexibility index (Phi) is 5.02. The summed E-state index contributed by atoms with van der Waals surface area (Å²) in [6, 6.07) is 0. The molecule has 0 N–H and O–H groups in total. The number of nitrogens with zero attached hydrogens (tertiary/aromatic N) is 1. The second kappa shape index (κ2) is 5.29. The van der Waals surface area contributed by atoms with E-state index in [9.17, 15) is 4.79 Å². The lowest BCUT2D eigenvalue weighted by molar-refractivity contribution is 0.163. The maximum atomic E-state index is 10.6. The number of hydrogen-bond acceptors (Lipinski definition) is 3. The maximum Gasteiger partial charge on any atom is 0.434 e. The average molecular weight is 161 g/mol. The molecule has 0 saturated carbocycles. The fourth-order valence-corrected chi connectivity index (χ4v) is 0.496. The van der Waals surface area contributed by atoms with Gasteiger partial charge < -0.3 is 4.74 Å². The number of thioether (sulfide) groups is 1. The predicted molar refractivity (Wildman–Crippen MR) is 43.6 cm³/mol. The molecule has 0 fully saturated rings. The third kappa shape index (κ3) is 4.38. The number of rotatable bonds is 1. The lowest BCUT2D eigenvalue weighted by atomic mass is 10.8. The second-order valence-corrected chi connectivity index (χ2v) is 2.53. The third-order valence-electron chi connectivity index (χ3n) is 0.812. The van der Waals surface area contributed by atoms with Crippen LogP contribution in [0.5, 0.6) is 0 Å². The van der Waals surface area contributed by atoms with Crippen molar-refractivity contribution in [2.75, 3.05) is 12.9 Å². The molecule has 0 heterocycles. The number of ether oxygens (including phenoxy) is 1. The van der Waals surface area contributed by atoms with Gasteiger partial charge in [0, 0.05) is 0 Å². The first-order valence-electron chi connectivity index (χ1n) is 2.96. The van der Waals surface area contributed by atoms with Crippen LogP contribution in [0.15, 0.2) is 4.99 Å². The minimum atomic E-state index is -0.505. The van der Waals surface area contributed by atoms with Gasteiger partial charge in [-0.2, -0.15) is 4.99 Å². The molecule has 1 amide bonds. The van der Waals surface area contributed by atoms with Crippen LogP contribution in [0.2, 0.25) is 0 Å². The molecular formula is C6H11NO2S. The first-order chi connectivity index (χ1) is 4.70. The van der Waals surface area contributed by atoms with Gasteiger partial charge in [-0.15, -0.1) is 11.8 Å². The largest absolute Gasteiger partial charge is 0.448 e. The van der Waals surface area contributed by atoms with Gasteiger partial charge >= 0.3 is 6.09 Å². The highest BCUT2D eigenvalue weighted by molar-refractivity contribution is 8.13. The number of carbonyl (C=O) groups excluding carboxylic acids is 1. The zero-order chi connectivity index (χ0) is 7.98. The van der Waals surface area contributed by atoms with Gasteiger partial charge in [0.05, 0.1) is 11.7 Å². The molecule has 0 atom stereocenters. The average Bonchev–Trinajstić information content (AvgIpc) is 1.88. The van der Waals surface area contributed by atoms with Crippen molar-refractivity contribution in [2.24, 2.45) is 4.99 Å². The van der Waals surface area contributed by atoms with Crippen molar-refractivity contribution in [3.8, 4) is 0 Å². The summed E-state index contributed by atoms with van der Waals surface area (Å²) in [6.07, 6.45) is 1.35. The van der Waals surface area contributed by atoms with Crippen molar-refractivity contribution in [3.63, 3.8) is 0 Å². The van der Waals surface area contributed by atoms with Crippen molar-refractivity contribution in [2.45, 2.75) is 13.8 Å². The van der Waals surface area contributed by atoms with Gasteiger partial charge in [-0.1, -0.05) is 0 Å². The van der Waals surface area contributed by atoms with Crippen molar-refractivity contribution >= 4 is 22.9 Å². The molecule has 0 spiro atoms. The van der Waals surface area contributed by atoms with Gasteiger partial charge in [-0.05, 0) is 20.1 Å². The van der Waals surface area contributed by atoms with Crippen molar-refractivity contribution in [3.05, 3.63) is 0 Å². The molecule has 0 unspecified atom stereocenters. The van der Waals surface area contributed by atoms with E-state index in [1.54, 1.807) is 13.8 Å². The Morgan fingerprint density at radius 2 is 2.30 bits per heavy atom. The smallest absolute Gasteiger partial charge is 0.434 e. The zero-order valence-electron chi connectivity index (χ0n) is 6.38. The summed E-state index contributed by atoms with van der Waals surface area (Å²) in [4.78, 5) is 14.2. The van der Waals surface area contributed by atoms with E-state index < -0.39 is 6.09 Å². The number of carbonyl (C=O) groups is 1. The summed E-state index contributed by atoms with van der Waals surface area (Å²) < 4.78 is 4.57. The fraction of sp³-hybridized carbons (Fsp3) is 0.667. The van der Waals surface area contributed by atoms with Crippen LogP contribution in [0.4, 0.5) is 4.79 Å².